The smallest absolute Gasteiger partial charge is 0.163 e. The van der Waals surface area contributed by atoms with E-state index in [1.54, 1.807) is 9.83 Å². The van der Waals surface area contributed by atoms with Crippen molar-refractivity contribution in [3.63, 3.8) is 0 Å². The summed E-state index contributed by atoms with van der Waals surface area (Å²) < 4.78 is 10.5. The SMILES string of the molecule is CO[SiH2]C(CCSSSS)[SiH2]OC. The van der Waals surface area contributed by atoms with E-state index in [0.717, 1.165) is 5.16 Å². The van der Waals surface area contributed by atoms with Gasteiger partial charge in [0.25, 0.3) is 0 Å². The molecule has 0 aromatic rings. The largest absolute Gasteiger partial charge is 0.427 e. The highest BCUT2D eigenvalue weighted by Crippen LogP contribution is 2.37. The van der Waals surface area contributed by atoms with E-state index >= 15 is 0 Å². The molecule has 0 fully saturated rings. The van der Waals surface area contributed by atoms with Crippen molar-refractivity contribution in [2.45, 2.75) is 11.6 Å². The van der Waals surface area contributed by atoms with Crippen molar-refractivity contribution in [2.75, 3.05) is 20.0 Å². The van der Waals surface area contributed by atoms with Crippen LogP contribution in [0.2, 0.25) is 5.16 Å². The van der Waals surface area contributed by atoms with Gasteiger partial charge in [0.1, 0.15) is 0 Å². The Morgan fingerprint density at radius 2 is 1.92 bits per heavy atom. The van der Waals surface area contributed by atoms with Crippen LogP contribution in [0.4, 0.5) is 0 Å². The van der Waals surface area contributed by atoms with E-state index in [4.69, 9.17) is 8.85 Å². The lowest BCUT2D eigenvalue weighted by molar-refractivity contribution is 0.416. The molecule has 0 spiro atoms. The fourth-order valence-electron chi connectivity index (χ4n) is 0.957. The zero-order valence-electron chi connectivity index (χ0n) is 7.89. The van der Waals surface area contributed by atoms with Crippen LogP contribution in [0.5, 0.6) is 0 Å². The molecule has 80 valence electrons. The van der Waals surface area contributed by atoms with Gasteiger partial charge in [-0.25, -0.2) is 0 Å². The van der Waals surface area contributed by atoms with Crippen molar-refractivity contribution < 1.29 is 8.85 Å². The molecule has 0 N–H and O–H groups in total. The molecule has 0 heterocycles. The van der Waals surface area contributed by atoms with Crippen molar-refractivity contribution in [3.05, 3.63) is 0 Å². The molecule has 0 aliphatic carbocycles. The van der Waals surface area contributed by atoms with Crippen molar-refractivity contribution in [1.82, 2.24) is 0 Å². The van der Waals surface area contributed by atoms with Crippen LogP contribution in [-0.4, -0.2) is 39.5 Å². The van der Waals surface area contributed by atoms with E-state index in [2.05, 4.69) is 11.7 Å². The number of hydrogen-bond donors (Lipinski definition) is 1. The molecule has 8 heteroatoms. The maximum atomic E-state index is 5.27. The Bertz CT molecular complexity index is 105. The molecule has 0 radical (unpaired) electrons. The molecule has 0 aromatic carbocycles. The minimum atomic E-state index is -0.321. The zero-order chi connectivity index (χ0) is 9.94. The van der Waals surface area contributed by atoms with Crippen LogP contribution >= 0.6 is 42.1 Å². The van der Waals surface area contributed by atoms with Crippen LogP contribution in [0.1, 0.15) is 6.42 Å². The minimum Gasteiger partial charge on any atom is -0.427 e. The molecular weight excluding hydrogens is 276 g/mol. The van der Waals surface area contributed by atoms with Gasteiger partial charge in [0.15, 0.2) is 19.5 Å². The summed E-state index contributed by atoms with van der Waals surface area (Å²) in [4.78, 5) is 0. The van der Waals surface area contributed by atoms with Gasteiger partial charge in [-0.2, -0.15) is 0 Å². The van der Waals surface area contributed by atoms with Crippen LogP contribution in [0.25, 0.3) is 0 Å². The maximum Gasteiger partial charge on any atom is 0.163 e. The zero-order valence-corrected chi connectivity index (χ0v) is 14.1. The molecule has 0 amide bonds. The van der Waals surface area contributed by atoms with Gasteiger partial charge in [-0.15, -0.1) is 0 Å². The van der Waals surface area contributed by atoms with E-state index in [0.29, 0.717) is 0 Å². The van der Waals surface area contributed by atoms with E-state index < -0.39 is 0 Å². The second kappa shape index (κ2) is 11.8. The lowest BCUT2D eigenvalue weighted by Gasteiger charge is -2.12. The predicted octanol–water partition coefficient (Wildman–Crippen LogP) is 1.46. The molecule has 2 nitrogen and oxygen atoms in total. The monoisotopic (exact) mass is 292 g/mol. The number of hydrogen-bond acceptors (Lipinski definition) is 6. The van der Waals surface area contributed by atoms with Gasteiger partial charge in [-0.05, 0) is 31.2 Å². The van der Waals surface area contributed by atoms with Gasteiger partial charge in [0.05, 0.1) is 0 Å². The fraction of sp³-hybridized carbons (Fsp3) is 1.00. The summed E-state index contributed by atoms with van der Waals surface area (Å²) in [7, 11) is 8.10. The standard InChI is InChI=1S/C5H16O2S4Si2/c1-6-12-5(13-7-2)3-4-9-11-10-8/h5,8H,3-4,12-13H2,1-2H3. The van der Waals surface area contributed by atoms with Crippen LogP contribution in [-0.2, 0) is 8.85 Å². The molecular formula is C5H16O2S4Si2. The Balaban J connectivity index is 3.33. The Morgan fingerprint density at radius 3 is 2.38 bits per heavy atom. The van der Waals surface area contributed by atoms with Crippen LogP contribution in [0, 0.1) is 0 Å². The van der Waals surface area contributed by atoms with E-state index in [9.17, 15) is 0 Å². The van der Waals surface area contributed by atoms with Crippen molar-refractivity contribution in [3.8, 4) is 0 Å². The molecule has 0 bridgehead atoms. The summed E-state index contributed by atoms with van der Waals surface area (Å²) in [5, 5.41) is 0.799. The first-order valence-corrected chi connectivity index (χ1v) is 11.4. The second-order valence-corrected chi connectivity index (χ2v) is 12.9. The Labute approximate surface area is 102 Å². The Morgan fingerprint density at radius 1 is 1.31 bits per heavy atom. The highest BCUT2D eigenvalue weighted by molar-refractivity contribution is 9.23. The Hall–Kier alpha value is 1.75. The summed E-state index contributed by atoms with van der Waals surface area (Å²) in [5.74, 6) is 1.19. The van der Waals surface area contributed by atoms with Gasteiger partial charge in [0.2, 0.25) is 0 Å². The molecule has 0 atom stereocenters. The lowest BCUT2D eigenvalue weighted by atomic mass is 10.6. The first-order chi connectivity index (χ1) is 6.35. The maximum absolute atomic E-state index is 5.27. The molecule has 0 aliphatic rings. The highest BCUT2D eigenvalue weighted by Gasteiger charge is 2.09. The summed E-state index contributed by atoms with van der Waals surface area (Å²) in [6.45, 7) is 0. The molecule has 0 rings (SSSR count). The predicted molar refractivity (Wildman–Crippen MR) is 76.1 cm³/mol. The number of thiol groups is 1. The summed E-state index contributed by atoms with van der Waals surface area (Å²) in [6.07, 6.45) is 1.26. The van der Waals surface area contributed by atoms with Crippen LogP contribution in [0.15, 0.2) is 0 Å². The third-order valence-electron chi connectivity index (χ3n) is 1.49. The van der Waals surface area contributed by atoms with E-state index in [1.807, 2.05) is 25.0 Å². The average Bonchev–Trinajstić information content (AvgIpc) is 2.13. The quantitative estimate of drug-likeness (QED) is 0.299. The molecule has 0 aliphatic heterocycles. The summed E-state index contributed by atoms with van der Waals surface area (Å²) in [6, 6.07) is 0. The lowest BCUT2D eigenvalue weighted by Crippen LogP contribution is -2.15. The van der Waals surface area contributed by atoms with Gasteiger partial charge >= 0.3 is 0 Å². The third kappa shape index (κ3) is 10.0. The third-order valence-corrected chi connectivity index (χ3v) is 9.92. The summed E-state index contributed by atoms with van der Waals surface area (Å²) >= 11 is 4.05. The highest BCUT2D eigenvalue weighted by atomic mass is 33.7. The van der Waals surface area contributed by atoms with E-state index in [-0.39, 0.29) is 19.5 Å². The van der Waals surface area contributed by atoms with Gasteiger partial charge in [-0.3, -0.25) is 0 Å². The molecule has 0 aromatic heterocycles. The minimum absolute atomic E-state index is 0.321. The molecule has 0 saturated heterocycles. The molecule has 13 heavy (non-hydrogen) atoms. The van der Waals surface area contributed by atoms with Crippen LogP contribution in [0.3, 0.4) is 0 Å². The van der Waals surface area contributed by atoms with Crippen molar-refractivity contribution in [2.24, 2.45) is 0 Å². The topological polar surface area (TPSA) is 18.5 Å². The molecule has 0 unspecified atom stereocenters. The second-order valence-electron chi connectivity index (χ2n) is 2.53. The van der Waals surface area contributed by atoms with Crippen molar-refractivity contribution in [1.29, 1.82) is 0 Å². The fourth-order valence-corrected chi connectivity index (χ4v) is 8.36. The van der Waals surface area contributed by atoms with Gasteiger partial charge in [0, 0.05) is 20.0 Å². The van der Waals surface area contributed by atoms with Gasteiger partial charge in [-0.1, -0.05) is 22.5 Å². The first-order valence-electron chi connectivity index (χ1n) is 3.92. The average molecular weight is 293 g/mol. The van der Waals surface area contributed by atoms with Gasteiger partial charge < -0.3 is 8.85 Å². The summed E-state index contributed by atoms with van der Waals surface area (Å²) in [5.41, 5.74) is 0. The Kier molecular flexibility index (Phi) is 13.4. The number of rotatable bonds is 9. The first kappa shape index (κ1) is 14.8. The van der Waals surface area contributed by atoms with Crippen molar-refractivity contribution >= 4 is 61.6 Å². The molecule has 0 saturated carbocycles. The normalized spacial score (nSPS) is 15.0. The van der Waals surface area contributed by atoms with E-state index in [1.165, 1.54) is 22.0 Å². The van der Waals surface area contributed by atoms with Crippen LogP contribution < -0.4 is 0 Å².